The summed E-state index contributed by atoms with van der Waals surface area (Å²) in [5.41, 5.74) is 6.18. The van der Waals surface area contributed by atoms with Crippen molar-refractivity contribution in [2.24, 2.45) is 5.41 Å². The van der Waals surface area contributed by atoms with E-state index < -0.39 is 0 Å². The monoisotopic (exact) mass is 262 g/mol. The summed E-state index contributed by atoms with van der Waals surface area (Å²) in [4.78, 5) is 17.6. The van der Waals surface area contributed by atoms with Crippen LogP contribution < -0.4 is 15.5 Å². The molecule has 0 spiro atoms. The molecule has 2 aliphatic rings. The molecule has 0 amide bonds. The summed E-state index contributed by atoms with van der Waals surface area (Å²) >= 11 is 0. The SMILES string of the molecule is CC1(C)CCN(c2nc(N)nc(N3CCCC3)n2)C1. The highest BCUT2D eigenvalue weighted by molar-refractivity contribution is 5.44. The molecule has 0 aromatic carbocycles. The topological polar surface area (TPSA) is 71.2 Å². The van der Waals surface area contributed by atoms with Crippen molar-refractivity contribution in [1.29, 1.82) is 0 Å². The van der Waals surface area contributed by atoms with Gasteiger partial charge in [-0.05, 0) is 24.7 Å². The zero-order chi connectivity index (χ0) is 13.5. The first kappa shape index (κ1) is 12.4. The summed E-state index contributed by atoms with van der Waals surface area (Å²) in [7, 11) is 0. The van der Waals surface area contributed by atoms with Crippen molar-refractivity contribution in [3.05, 3.63) is 0 Å². The van der Waals surface area contributed by atoms with Crippen molar-refractivity contribution in [3.8, 4) is 0 Å². The lowest BCUT2D eigenvalue weighted by Crippen LogP contribution is -2.27. The highest BCUT2D eigenvalue weighted by atomic mass is 15.4. The lowest BCUT2D eigenvalue weighted by atomic mass is 9.93. The van der Waals surface area contributed by atoms with Crippen molar-refractivity contribution in [3.63, 3.8) is 0 Å². The number of hydrogen-bond acceptors (Lipinski definition) is 6. The van der Waals surface area contributed by atoms with Crippen LogP contribution in [0.5, 0.6) is 0 Å². The van der Waals surface area contributed by atoms with Crippen molar-refractivity contribution >= 4 is 17.8 Å². The number of nitrogen functional groups attached to an aromatic ring is 1. The number of aromatic nitrogens is 3. The van der Waals surface area contributed by atoms with E-state index in [-0.39, 0.29) is 0 Å². The molecule has 19 heavy (non-hydrogen) atoms. The molecule has 0 saturated carbocycles. The van der Waals surface area contributed by atoms with Crippen molar-refractivity contribution in [2.45, 2.75) is 33.1 Å². The number of nitrogens with two attached hydrogens (primary N) is 1. The van der Waals surface area contributed by atoms with Crippen LogP contribution in [0.1, 0.15) is 33.1 Å². The molecule has 0 radical (unpaired) electrons. The molecule has 3 heterocycles. The van der Waals surface area contributed by atoms with E-state index in [2.05, 4.69) is 38.6 Å². The Morgan fingerprint density at radius 2 is 1.58 bits per heavy atom. The Hall–Kier alpha value is -1.59. The van der Waals surface area contributed by atoms with Crippen LogP contribution in [-0.4, -0.2) is 41.1 Å². The highest BCUT2D eigenvalue weighted by Crippen LogP contribution is 2.31. The molecule has 1 aromatic rings. The molecular formula is C13H22N6. The Morgan fingerprint density at radius 3 is 2.16 bits per heavy atom. The summed E-state index contributed by atoms with van der Waals surface area (Å²) in [6.07, 6.45) is 3.58. The van der Waals surface area contributed by atoms with Gasteiger partial charge in [-0.3, -0.25) is 0 Å². The van der Waals surface area contributed by atoms with Gasteiger partial charge in [0.2, 0.25) is 17.8 Å². The third-order valence-corrected chi connectivity index (χ3v) is 3.98. The summed E-state index contributed by atoms with van der Waals surface area (Å²) < 4.78 is 0. The highest BCUT2D eigenvalue weighted by Gasteiger charge is 2.31. The molecule has 0 atom stereocenters. The zero-order valence-electron chi connectivity index (χ0n) is 11.8. The van der Waals surface area contributed by atoms with Gasteiger partial charge in [0, 0.05) is 26.2 Å². The van der Waals surface area contributed by atoms with Crippen LogP contribution in [0.15, 0.2) is 0 Å². The minimum atomic E-state index is 0.329. The van der Waals surface area contributed by atoms with Crippen LogP contribution in [0.3, 0.4) is 0 Å². The Labute approximate surface area is 114 Å². The second-order valence-electron chi connectivity index (χ2n) is 6.32. The second kappa shape index (κ2) is 4.51. The number of rotatable bonds is 2. The van der Waals surface area contributed by atoms with Gasteiger partial charge in [-0.2, -0.15) is 15.0 Å². The van der Waals surface area contributed by atoms with Crippen molar-refractivity contribution < 1.29 is 0 Å². The Morgan fingerprint density at radius 1 is 0.947 bits per heavy atom. The molecule has 0 aliphatic carbocycles. The van der Waals surface area contributed by atoms with E-state index in [1.54, 1.807) is 0 Å². The maximum atomic E-state index is 5.85. The van der Waals surface area contributed by atoms with Gasteiger partial charge >= 0.3 is 0 Å². The van der Waals surface area contributed by atoms with Crippen LogP contribution in [0.4, 0.5) is 17.8 Å². The van der Waals surface area contributed by atoms with Crippen LogP contribution in [0, 0.1) is 5.41 Å². The van der Waals surface area contributed by atoms with Gasteiger partial charge in [-0.1, -0.05) is 13.8 Å². The standard InChI is InChI=1S/C13H22N6/c1-13(2)5-8-19(9-13)12-16-10(14)15-11(17-12)18-6-3-4-7-18/h3-9H2,1-2H3,(H2,14,15,16,17). The first-order valence-electron chi connectivity index (χ1n) is 7.05. The molecular weight excluding hydrogens is 240 g/mol. The summed E-state index contributed by atoms with van der Waals surface area (Å²) in [5, 5.41) is 0. The van der Waals surface area contributed by atoms with Crippen molar-refractivity contribution in [2.75, 3.05) is 41.7 Å². The molecule has 2 aliphatic heterocycles. The van der Waals surface area contributed by atoms with Gasteiger partial charge in [-0.15, -0.1) is 0 Å². The lowest BCUT2D eigenvalue weighted by Gasteiger charge is -2.21. The Balaban J connectivity index is 1.85. The minimum Gasteiger partial charge on any atom is -0.368 e. The summed E-state index contributed by atoms with van der Waals surface area (Å²) in [5.74, 6) is 1.81. The van der Waals surface area contributed by atoms with Gasteiger partial charge < -0.3 is 15.5 Å². The number of nitrogens with zero attached hydrogens (tertiary/aromatic N) is 5. The smallest absolute Gasteiger partial charge is 0.231 e. The van der Waals surface area contributed by atoms with Gasteiger partial charge in [0.1, 0.15) is 0 Å². The number of hydrogen-bond donors (Lipinski definition) is 1. The molecule has 0 bridgehead atoms. The van der Waals surface area contributed by atoms with Crippen molar-refractivity contribution in [1.82, 2.24) is 15.0 Å². The molecule has 2 fully saturated rings. The molecule has 6 heteroatoms. The maximum Gasteiger partial charge on any atom is 0.231 e. The fourth-order valence-corrected chi connectivity index (χ4v) is 2.85. The average Bonchev–Trinajstić information content (AvgIpc) is 2.97. The van der Waals surface area contributed by atoms with E-state index in [0.29, 0.717) is 11.4 Å². The molecule has 2 N–H and O–H groups in total. The zero-order valence-corrected chi connectivity index (χ0v) is 11.8. The molecule has 3 rings (SSSR count). The van der Waals surface area contributed by atoms with Crippen LogP contribution in [-0.2, 0) is 0 Å². The van der Waals surface area contributed by atoms with E-state index in [9.17, 15) is 0 Å². The first-order valence-corrected chi connectivity index (χ1v) is 7.05. The quantitative estimate of drug-likeness (QED) is 0.866. The van der Waals surface area contributed by atoms with Crippen LogP contribution in [0.2, 0.25) is 0 Å². The largest absolute Gasteiger partial charge is 0.368 e. The molecule has 2 saturated heterocycles. The van der Waals surface area contributed by atoms with Gasteiger partial charge in [0.25, 0.3) is 0 Å². The second-order valence-corrected chi connectivity index (χ2v) is 6.32. The van der Waals surface area contributed by atoms with Crippen LogP contribution in [0.25, 0.3) is 0 Å². The van der Waals surface area contributed by atoms with Gasteiger partial charge in [0.15, 0.2) is 0 Å². The average molecular weight is 262 g/mol. The van der Waals surface area contributed by atoms with Crippen LogP contribution >= 0.6 is 0 Å². The van der Waals surface area contributed by atoms with E-state index in [4.69, 9.17) is 5.73 Å². The van der Waals surface area contributed by atoms with Gasteiger partial charge in [0.05, 0.1) is 0 Å². The number of anilines is 3. The predicted octanol–water partition coefficient (Wildman–Crippen LogP) is 1.29. The minimum absolute atomic E-state index is 0.329. The fourth-order valence-electron chi connectivity index (χ4n) is 2.85. The third kappa shape index (κ3) is 2.57. The van der Waals surface area contributed by atoms with E-state index >= 15 is 0 Å². The van der Waals surface area contributed by atoms with Gasteiger partial charge in [-0.25, -0.2) is 0 Å². The summed E-state index contributed by atoms with van der Waals surface area (Å²) in [6.45, 7) is 8.58. The van der Waals surface area contributed by atoms with E-state index in [1.807, 2.05) is 0 Å². The maximum absolute atomic E-state index is 5.85. The molecule has 0 unspecified atom stereocenters. The molecule has 6 nitrogen and oxygen atoms in total. The van der Waals surface area contributed by atoms with E-state index in [0.717, 1.165) is 44.5 Å². The predicted molar refractivity (Wildman–Crippen MR) is 76.3 cm³/mol. The molecule has 1 aromatic heterocycles. The van der Waals surface area contributed by atoms with E-state index in [1.165, 1.54) is 12.8 Å². The normalized spacial score (nSPS) is 22.2. The Kier molecular flexibility index (Phi) is 2.95. The summed E-state index contributed by atoms with van der Waals surface area (Å²) in [6, 6.07) is 0. The lowest BCUT2D eigenvalue weighted by molar-refractivity contribution is 0.418. The fraction of sp³-hybridized carbons (Fsp3) is 0.769. The molecule has 104 valence electrons. The Bertz CT molecular complexity index is 466. The first-order chi connectivity index (χ1) is 9.03. The third-order valence-electron chi connectivity index (χ3n) is 3.98.